The average molecular weight is 475 g/mol. The summed E-state index contributed by atoms with van der Waals surface area (Å²) in [6, 6.07) is -5.70. The second-order valence-electron chi connectivity index (χ2n) is 8.26. The van der Waals surface area contributed by atoms with Crippen LogP contribution in [0.25, 0.3) is 0 Å². The first-order valence-corrected chi connectivity index (χ1v) is 10.5. The maximum Gasteiger partial charge on any atom is 0.326 e. The van der Waals surface area contributed by atoms with Crippen molar-refractivity contribution in [2.24, 2.45) is 17.6 Å². The Bertz CT molecular complexity index is 741. The van der Waals surface area contributed by atoms with Gasteiger partial charge in [0, 0.05) is 0 Å². The highest BCUT2D eigenvalue weighted by Crippen LogP contribution is 2.08. The average Bonchev–Trinajstić information content (AvgIpc) is 2.69. The molecule has 0 saturated heterocycles. The molecule has 5 unspecified atom stereocenters. The Labute approximate surface area is 191 Å². The Hall–Kier alpha value is -3.22. The second kappa shape index (κ2) is 14.0. The molecule has 33 heavy (non-hydrogen) atoms. The van der Waals surface area contributed by atoms with Crippen molar-refractivity contribution < 1.29 is 44.1 Å². The summed E-state index contributed by atoms with van der Waals surface area (Å²) < 4.78 is 0. The van der Waals surface area contributed by atoms with Gasteiger partial charge < -0.3 is 37.0 Å². The highest BCUT2D eigenvalue weighted by atomic mass is 16.4. The Morgan fingerprint density at radius 2 is 1.12 bits per heavy atom. The lowest BCUT2D eigenvalue weighted by Crippen LogP contribution is -2.58. The van der Waals surface area contributed by atoms with Crippen molar-refractivity contribution in [3.05, 3.63) is 0 Å². The van der Waals surface area contributed by atoms with Crippen LogP contribution in [0.1, 0.15) is 53.4 Å². The molecule has 3 amide bonds. The number of rotatable bonds is 15. The van der Waals surface area contributed by atoms with E-state index in [-0.39, 0.29) is 18.3 Å². The van der Waals surface area contributed by atoms with Gasteiger partial charge in [-0.25, -0.2) is 4.79 Å². The highest BCUT2D eigenvalue weighted by Gasteiger charge is 2.33. The molecule has 13 nitrogen and oxygen atoms in total. The van der Waals surface area contributed by atoms with Gasteiger partial charge in [0.2, 0.25) is 17.7 Å². The molecule has 0 fully saturated rings. The molecule has 0 rings (SSSR count). The third-order valence-electron chi connectivity index (χ3n) is 4.90. The van der Waals surface area contributed by atoms with E-state index < -0.39 is 72.6 Å². The van der Waals surface area contributed by atoms with Crippen molar-refractivity contribution in [1.29, 1.82) is 0 Å². The van der Waals surface area contributed by atoms with Gasteiger partial charge in [0.1, 0.15) is 18.1 Å². The zero-order valence-corrected chi connectivity index (χ0v) is 19.2. The molecule has 0 aromatic rings. The molecule has 0 aliphatic rings. The fourth-order valence-electron chi connectivity index (χ4n) is 2.79. The first-order valence-electron chi connectivity index (χ1n) is 10.5. The maximum absolute atomic E-state index is 12.7. The number of carboxylic acids is 3. The minimum Gasteiger partial charge on any atom is -0.481 e. The number of amides is 3. The Kier molecular flexibility index (Phi) is 12.7. The molecule has 0 radical (unpaired) electrons. The number of carbonyl (C=O) groups excluding carboxylic acids is 3. The summed E-state index contributed by atoms with van der Waals surface area (Å²) in [5, 5.41) is 34.0. The smallest absolute Gasteiger partial charge is 0.326 e. The second-order valence-corrected chi connectivity index (χ2v) is 8.26. The van der Waals surface area contributed by atoms with Crippen LogP contribution in [0.5, 0.6) is 0 Å². The number of nitrogens with two attached hydrogens (primary N) is 1. The van der Waals surface area contributed by atoms with Gasteiger partial charge in [-0.15, -0.1) is 0 Å². The van der Waals surface area contributed by atoms with E-state index in [4.69, 9.17) is 15.9 Å². The first-order chi connectivity index (χ1) is 15.2. The molecule has 0 saturated carbocycles. The molecule has 13 heteroatoms. The number of nitrogens with one attached hydrogen (secondary N) is 3. The molecule has 0 spiro atoms. The number of hydrogen-bond acceptors (Lipinski definition) is 7. The summed E-state index contributed by atoms with van der Waals surface area (Å²) in [5.74, 6) is -7.60. The quantitative estimate of drug-likeness (QED) is 0.151. The Balaban J connectivity index is 5.58. The summed E-state index contributed by atoms with van der Waals surface area (Å²) in [4.78, 5) is 71.3. The van der Waals surface area contributed by atoms with E-state index in [9.17, 15) is 33.9 Å². The summed E-state index contributed by atoms with van der Waals surface area (Å²) in [6.07, 6.45) is -1.14. The molecule has 5 atom stereocenters. The third kappa shape index (κ3) is 11.3. The van der Waals surface area contributed by atoms with Gasteiger partial charge in [-0.1, -0.05) is 34.1 Å². The van der Waals surface area contributed by atoms with Crippen molar-refractivity contribution in [3.8, 4) is 0 Å². The van der Waals surface area contributed by atoms with Crippen molar-refractivity contribution >= 4 is 35.6 Å². The molecule has 0 aromatic carbocycles. The molecule has 188 valence electrons. The van der Waals surface area contributed by atoms with Crippen LogP contribution in [0.2, 0.25) is 0 Å². The largest absolute Gasteiger partial charge is 0.481 e. The van der Waals surface area contributed by atoms with E-state index in [1.54, 1.807) is 27.7 Å². The first kappa shape index (κ1) is 29.8. The standard InChI is InChI=1S/C20H34N4O9/c1-5-10(4)16(21)19(31)23-12(8-15(27)28)17(29)22-11(7-14(25)26)18(30)24-13(20(32)33)6-9(2)3/h9-13,16H,5-8,21H2,1-4H3,(H,22,29)(H,23,31)(H,24,30)(H,25,26)(H,27,28)(H,32,33). The summed E-state index contributed by atoms with van der Waals surface area (Å²) in [5.41, 5.74) is 5.80. The molecule has 0 bridgehead atoms. The van der Waals surface area contributed by atoms with Gasteiger partial charge in [0.05, 0.1) is 18.9 Å². The van der Waals surface area contributed by atoms with E-state index in [2.05, 4.69) is 16.0 Å². The summed E-state index contributed by atoms with van der Waals surface area (Å²) in [6.45, 7) is 6.93. The molecule has 8 N–H and O–H groups in total. The molecule has 0 aliphatic carbocycles. The van der Waals surface area contributed by atoms with Gasteiger partial charge in [-0.2, -0.15) is 0 Å². The van der Waals surface area contributed by atoms with Gasteiger partial charge in [0.25, 0.3) is 0 Å². The molecular weight excluding hydrogens is 440 g/mol. The van der Waals surface area contributed by atoms with Crippen LogP contribution in [0.15, 0.2) is 0 Å². The Morgan fingerprint density at radius 1 is 0.727 bits per heavy atom. The van der Waals surface area contributed by atoms with E-state index in [0.717, 1.165) is 0 Å². The van der Waals surface area contributed by atoms with E-state index in [1.165, 1.54) is 0 Å². The van der Waals surface area contributed by atoms with E-state index in [0.29, 0.717) is 6.42 Å². The van der Waals surface area contributed by atoms with Crippen molar-refractivity contribution in [1.82, 2.24) is 16.0 Å². The lowest BCUT2D eigenvalue weighted by Gasteiger charge is -2.25. The van der Waals surface area contributed by atoms with Crippen molar-refractivity contribution in [3.63, 3.8) is 0 Å². The van der Waals surface area contributed by atoms with Gasteiger partial charge in [-0.3, -0.25) is 24.0 Å². The third-order valence-corrected chi connectivity index (χ3v) is 4.90. The predicted octanol–water partition coefficient (Wildman–Crippen LogP) is -1.11. The highest BCUT2D eigenvalue weighted by molar-refractivity contribution is 5.96. The topological polar surface area (TPSA) is 225 Å². The van der Waals surface area contributed by atoms with E-state index >= 15 is 0 Å². The summed E-state index contributed by atoms with van der Waals surface area (Å²) in [7, 11) is 0. The molecular formula is C20H34N4O9. The van der Waals surface area contributed by atoms with Crippen molar-refractivity contribution in [2.45, 2.75) is 77.5 Å². The number of hydrogen-bond donors (Lipinski definition) is 7. The molecule has 0 aromatic heterocycles. The number of aliphatic carboxylic acids is 3. The van der Waals surface area contributed by atoms with Crippen LogP contribution in [0, 0.1) is 11.8 Å². The lowest BCUT2D eigenvalue weighted by molar-refractivity contribution is -0.145. The Morgan fingerprint density at radius 3 is 1.45 bits per heavy atom. The van der Waals surface area contributed by atoms with Crippen molar-refractivity contribution in [2.75, 3.05) is 0 Å². The fourth-order valence-corrected chi connectivity index (χ4v) is 2.79. The number of carbonyl (C=O) groups is 6. The van der Waals surface area contributed by atoms with Crippen LogP contribution in [-0.2, 0) is 28.8 Å². The van der Waals surface area contributed by atoms with E-state index in [1.807, 2.05) is 0 Å². The van der Waals surface area contributed by atoms with Gasteiger partial charge in [0.15, 0.2) is 0 Å². The molecule has 0 aliphatic heterocycles. The molecule has 0 heterocycles. The van der Waals surface area contributed by atoms with Crippen LogP contribution in [0.3, 0.4) is 0 Å². The number of carboxylic acid groups (broad SMARTS) is 3. The van der Waals surface area contributed by atoms with Gasteiger partial charge in [-0.05, 0) is 18.3 Å². The van der Waals surface area contributed by atoms with Crippen LogP contribution >= 0.6 is 0 Å². The SMILES string of the molecule is CCC(C)C(N)C(=O)NC(CC(=O)O)C(=O)NC(CC(=O)O)C(=O)NC(CC(C)C)C(=O)O. The zero-order chi connectivity index (χ0) is 25.9. The van der Waals surface area contributed by atoms with Crippen LogP contribution in [0.4, 0.5) is 0 Å². The fraction of sp³-hybridized carbons (Fsp3) is 0.700. The predicted molar refractivity (Wildman–Crippen MR) is 115 cm³/mol. The zero-order valence-electron chi connectivity index (χ0n) is 19.2. The summed E-state index contributed by atoms with van der Waals surface area (Å²) >= 11 is 0. The van der Waals surface area contributed by atoms with Crippen LogP contribution in [-0.4, -0.2) is 75.1 Å². The minimum atomic E-state index is -1.71. The normalized spacial score (nSPS) is 15.5. The van der Waals surface area contributed by atoms with Gasteiger partial charge >= 0.3 is 17.9 Å². The monoisotopic (exact) mass is 474 g/mol. The lowest BCUT2D eigenvalue weighted by atomic mass is 9.99. The minimum absolute atomic E-state index is 0.0556. The maximum atomic E-state index is 12.7. The van der Waals surface area contributed by atoms with Crippen LogP contribution < -0.4 is 21.7 Å².